The summed E-state index contributed by atoms with van der Waals surface area (Å²) in [5.74, 6) is 0.828. The molecule has 0 aromatic rings. The van der Waals surface area contributed by atoms with Gasteiger partial charge in [0.2, 0.25) is 0 Å². The summed E-state index contributed by atoms with van der Waals surface area (Å²) >= 11 is 0. The maximum absolute atomic E-state index is 2.44. The lowest BCUT2D eigenvalue weighted by molar-refractivity contribution is 0.224. The van der Waals surface area contributed by atoms with Crippen LogP contribution in [0, 0.1) is 5.92 Å². The second kappa shape index (κ2) is 3.91. The van der Waals surface area contributed by atoms with Gasteiger partial charge in [-0.15, -0.1) is 0 Å². The molecule has 0 aromatic carbocycles. The average Bonchev–Trinajstić information content (AvgIpc) is 1.93. The fourth-order valence-electron chi connectivity index (χ4n) is 1.64. The highest BCUT2D eigenvalue weighted by molar-refractivity contribution is 4.95. The molecule has 0 aromatic heterocycles. The van der Waals surface area contributed by atoms with Crippen molar-refractivity contribution in [1.82, 2.24) is 4.90 Å². The summed E-state index contributed by atoms with van der Waals surface area (Å²) in [6, 6.07) is 0.792. The highest BCUT2D eigenvalue weighted by atomic mass is 15.1. The third-order valence-corrected chi connectivity index (χ3v) is 2.34. The minimum Gasteiger partial charge on any atom is -0.299 e. The predicted octanol–water partition coefficient (Wildman–Crippen LogP) is 2.29. The Morgan fingerprint density at radius 2 is 2.18 bits per heavy atom. The van der Waals surface area contributed by atoms with Crippen molar-refractivity contribution < 1.29 is 0 Å². The Hall–Kier alpha value is -0.300. The maximum Gasteiger partial charge on any atom is 0.0163 e. The first-order valence-corrected chi connectivity index (χ1v) is 4.55. The zero-order valence-electron chi connectivity index (χ0n) is 7.88. The van der Waals surface area contributed by atoms with E-state index in [9.17, 15) is 0 Å². The van der Waals surface area contributed by atoms with Crippen molar-refractivity contribution >= 4 is 0 Å². The Labute approximate surface area is 70.1 Å². The monoisotopic (exact) mass is 153 g/mol. The molecule has 0 radical (unpaired) electrons. The summed E-state index contributed by atoms with van der Waals surface area (Å²) in [5, 5.41) is 0. The van der Waals surface area contributed by atoms with Gasteiger partial charge in [0.25, 0.3) is 0 Å². The van der Waals surface area contributed by atoms with Gasteiger partial charge in [-0.2, -0.15) is 0 Å². The van der Waals surface area contributed by atoms with E-state index in [1.165, 1.54) is 12.8 Å². The van der Waals surface area contributed by atoms with Crippen LogP contribution in [0.5, 0.6) is 0 Å². The Morgan fingerprint density at radius 3 is 2.73 bits per heavy atom. The van der Waals surface area contributed by atoms with E-state index >= 15 is 0 Å². The van der Waals surface area contributed by atoms with Crippen molar-refractivity contribution in [2.24, 2.45) is 5.92 Å². The van der Waals surface area contributed by atoms with E-state index in [1.54, 1.807) is 0 Å². The van der Waals surface area contributed by atoms with Crippen molar-refractivity contribution in [2.45, 2.75) is 32.7 Å². The second-order valence-electron chi connectivity index (χ2n) is 3.93. The molecule has 0 aliphatic carbocycles. The van der Waals surface area contributed by atoms with Gasteiger partial charge in [-0.1, -0.05) is 26.0 Å². The molecule has 0 N–H and O–H groups in total. The van der Waals surface area contributed by atoms with Crippen molar-refractivity contribution in [3.05, 3.63) is 12.2 Å². The van der Waals surface area contributed by atoms with E-state index < -0.39 is 0 Å². The standard InChI is InChI=1S/C10H19N/c1-9(2)8-10-6-4-5-7-11(10)3/h4-5,9-10H,6-8H2,1-3H3. The van der Waals surface area contributed by atoms with Crippen LogP contribution in [0.3, 0.4) is 0 Å². The molecule has 1 unspecified atom stereocenters. The van der Waals surface area contributed by atoms with E-state index in [1.807, 2.05) is 0 Å². The third kappa shape index (κ3) is 2.66. The van der Waals surface area contributed by atoms with Gasteiger partial charge >= 0.3 is 0 Å². The molecule has 0 bridgehead atoms. The Bertz CT molecular complexity index is 138. The molecule has 0 saturated heterocycles. The topological polar surface area (TPSA) is 3.24 Å². The van der Waals surface area contributed by atoms with Gasteiger partial charge in [0.15, 0.2) is 0 Å². The minimum atomic E-state index is 0.792. The first-order chi connectivity index (χ1) is 5.20. The van der Waals surface area contributed by atoms with E-state index in [0.717, 1.165) is 18.5 Å². The lowest BCUT2D eigenvalue weighted by Crippen LogP contribution is -2.34. The largest absolute Gasteiger partial charge is 0.299 e. The highest BCUT2D eigenvalue weighted by Crippen LogP contribution is 2.16. The van der Waals surface area contributed by atoms with E-state index in [-0.39, 0.29) is 0 Å². The third-order valence-electron chi connectivity index (χ3n) is 2.34. The van der Waals surface area contributed by atoms with Gasteiger partial charge in [-0.3, -0.25) is 4.90 Å². The SMILES string of the molecule is CC(C)CC1CC=CCN1C. The quantitative estimate of drug-likeness (QED) is 0.550. The number of nitrogens with zero attached hydrogens (tertiary/aromatic N) is 1. The molecule has 11 heavy (non-hydrogen) atoms. The summed E-state index contributed by atoms with van der Waals surface area (Å²) in [5.41, 5.74) is 0. The number of hydrogen-bond donors (Lipinski definition) is 0. The molecular formula is C10H19N. The van der Waals surface area contributed by atoms with Crippen LogP contribution < -0.4 is 0 Å². The lowest BCUT2D eigenvalue weighted by atomic mass is 9.98. The summed E-state index contributed by atoms with van der Waals surface area (Å²) in [7, 11) is 2.22. The van der Waals surface area contributed by atoms with Crippen LogP contribution in [0.4, 0.5) is 0 Å². The van der Waals surface area contributed by atoms with Crippen LogP contribution in [0.25, 0.3) is 0 Å². The van der Waals surface area contributed by atoms with Gasteiger partial charge in [0, 0.05) is 12.6 Å². The highest BCUT2D eigenvalue weighted by Gasteiger charge is 2.15. The molecule has 0 saturated carbocycles. The average molecular weight is 153 g/mol. The predicted molar refractivity (Wildman–Crippen MR) is 49.6 cm³/mol. The van der Waals surface area contributed by atoms with Crippen molar-refractivity contribution in [3.63, 3.8) is 0 Å². The zero-order valence-corrected chi connectivity index (χ0v) is 7.88. The molecule has 64 valence electrons. The number of likely N-dealkylation sites (N-methyl/N-ethyl adjacent to an activating group) is 1. The summed E-state index contributed by atoms with van der Waals surface area (Å²) in [6.07, 6.45) is 7.15. The minimum absolute atomic E-state index is 0.792. The van der Waals surface area contributed by atoms with Crippen LogP contribution in [0.1, 0.15) is 26.7 Å². The second-order valence-corrected chi connectivity index (χ2v) is 3.93. The molecule has 1 nitrogen and oxygen atoms in total. The van der Waals surface area contributed by atoms with Gasteiger partial charge in [-0.05, 0) is 25.8 Å². The molecule has 1 aliphatic rings. The Morgan fingerprint density at radius 1 is 1.45 bits per heavy atom. The molecule has 1 rings (SSSR count). The van der Waals surface area contributed by atoms with Crippen molar-refractivity contribution in [3.8, 4) is 0 Å². The summed E-state index contributed by atoms with van der Waals surface area (Å²) in [4.78, 5) is 2.44. The fraction of sp³-hybridized carbons (Fsp3) is 0.800. The molecular weight excluding hydrogens is 134 g/mol. The molecule has 0 fully saturated rings. The fourth-order valence-corrected chi connectivity index (χ4v) is 1.64. The molecule has 1 heterocycles. The number of hydrogen-bond acceptors (Lipinski definition) is 1. The lowest BCUT2D eigenvalue weighted by Gasteiger charge is -2.30. The van der Waals surface area contributed by atoms with Gasteiger partial charge in [0.1, 0.15) is 0 Å². The van der Waals surface area contributed by atoms with E-state index in [2.05, 4.69) is 37.9 Å². The van der Waals surface area contributed by atoms with Crippen LogP contribution >= 0.6 is 0 Å². The molecule has 1 atom stereocenters. The van der Waals surface area contributed by atoms with E-state index in [0.29, 0.717) is 0 Å². The van der Waals surface area contributed by atoms with Crippen molar-refractivity contribution in [1.29, 1.82) is 0 Å². The van der Waals surface area contributed by atoms with Gasteiger partial charge < -0.3 is 0 Å². The Kier molecular flexibility index (Phi) is 3.13. The first kappa shape index (κ1) is 8.79. The van der Waals surface area contributed by atoms with Crippen LogP contribution in [-0.4, -0.2) is 24.5 Å². The zero-order chi connectivity index (χ0) is 8.27. The normalized spacial score (nSPS) is 26.4. The summed E-state index contributed by atoms with van der Waals surface area (Å²) in [6.45, 7) is 5.73. The summed E-state index contributed by atoms with van der Waals surface area (Å²) < 4.78 is 0. The van der Waals surface area contributed by atoms with Crippen LogP contribution in [0.15, 0.2) is 12.2 Å². The molecule has 1 aliphatic heterocycles. The van der Waals surface area contributed by atoms with Crippen LogP contribution in [0.2, 0.25) is 0 Å². The first-order valence-electron chi connectivity index (χ1n) is 4.55. The van der Waals surface area contributed by atoms with Crippen molar-refractivity contribution in [2.75, 3.05) is 13.6 Å². The van der Waals surface area contributed by atoms with Gasteiger partial charge in [-0.25, -0.2) is 0 Å². The molecule has 0 amide bonds. The molecule has 1 heteroatoms. The molecule has 0 spiro atoms. The van der Waals surface area contributed by atoms with E-state index in [4.69, 9.17) is 0 Å². The Balaban J connectivity index is 2.38. The smallest absolute Gasteiger partial charge is 0.0163 e. The maximum atomic E-state index is 2.44. The van der Waals surface area contributed by atoms with Gasteiger partial charge in [0.05, 0.1) is 0 Å². The van der Waals surface area contributed by atoms with Crippen LogP contribution in [-0.2, 0) is 0 Å². The number of rotatable bonds is 2.